The summed E-state index contributed by atoms with van der Waals surface area (Å²) in [6.07, 6.45) is 7.85. The van der Waals surface area contributed by atoms with Crippen LogP contribution in [0.4, 0.5) is 4.39 Å². The molecule has 2 aliphatic rings. The SMILES string of the molecule is O=C(Cc1ccc(F)cc1)N1CCCC2CCCCC21. The molecule has 0 N–H and O–H groups in total. The number of halogens is 1. The molecule has 0 aromatic heterocycles. The maximum absolute atomic E-state index is 12.9. The van der Waals surface area contributed by atoms with Gasteiger partial charge in [0.25, 0.3) is 0 Å². The van der Waals surface area contributed by atoms with Crippen LogP contribution in [0, 0.1) is 11.7 Å². The summed E-state index contributed by atoms with van der Waals surface area (Å²) in [4.78, 5) is 14.6. The highest BCUT2D eigenvalue weighted by atomic mass is 19.1. The number of amides is 1. The topological polar surface area (TPSA) is 20.3 Å². The van der Waals surface area contributed by atoms with Crippen molar-refractivity contribution < 1.29 is 9.18 Å². The minimum Gasteiger partial charge on any atom is -0.339 e. The van der Waals surface area contributed by atoms with Gasteiger partial charge >= 0.3 is 0 Å². The van der Waals surface area contributed by atoms with E-state index in [1.165, 1.54) is 44.2 Å². The third-order valence-electron chi connectivity index (χ3n) is 4.83. The Labute approximate surface area is 120 Å². The molecule has 0 spiro atoms. The molecule has 1 saturated carbocycles. The number of fused-ring (bicyclic) bond motifs is 1. The Balaban J connectivity index is 1.67. The van der Waals surface area contributed by atoms with Crippen LogP contribution in [0.25, 0.3) is 0 Å². The van der Waals surface area contributed by atoms with E-state index in [1.807, 2.05) is 0 Å². The fourth-order valence-corrected chi connectivity index (χ4v) is 3.81. The first kappa shape index (κ1) is 13.6. The molecule has 1 heterocycles. The van der Waals surface area contributed by atoms with Crippen LogP contribution in [0.5, 0.6) is 0 Å². The van der Waals surface area contributed by atoms with Gasteiger partial charge in [0, 0.05) is 12.6 Å². The van der Waals surface area contributed by atoms with Gasteiger partial charge in [0.2, 0.25) is 5.91 Å². The average molecular weight is 275 g/mol. The molecule has 1 aliphatic carbocycles. The van der Waals surface area contributed by atoms with Crippen LogP contribution >= 0.6 is 0 Å². The van der Waals surface area contributed by atoms with E-state index >= 15 is 0 Å². The Morgan fingerprint density at radius 3 is 2.60 bits per heavy atom. The van der Waals surface area contributed by atoms with Crippen molar-refractivity contribution in [2.45, 2.75) is 51.0 Å². The molecule has 0 bridgehead atoms. The van der Waals surface area contributed by atoms with Crippen molar-refractivity contribution in [2.75, 3.05) is 6.54 Å². The average Bonchev–Trinajstić information content (AvgIpc) is 2.49. The monoisotopic (exact) mass is 275 g/mol. The van der Waals surface area contributed by atoms with Crippen molar-refractivity contribution in [3.8, 4) is 0 Å². The zero-order chi connectivity index (χ0) is 13.9. The van der Waals surface area contributed by atoms with E-state index in [0.29, 0.717) is 12.5 Å². The third kappa shape index (κ3) is 2.87. The van der Waals surface area contributed by atoms with Gasteiger partial charge in [-0.25, -0.2) is 4.39 Å². The zero-order valence-electron chi connectivity index (χ0n) is 11.9. The molecule has 2 fully saturated rings. The Morgan fingerprint density at radius 2 is 1.80 bits per heavy atom. The van der Waals surface area contributed by atoms with Crippen LogP contribution in [0.2, 0.25) is 0 Å². The Kier molecular flexibility index (Phi) is 4.04. The molecule has 1 aromatic rings. The molecule has 2 nitrogen and oxygen atoms in total. The van der Waals surface area contributed by atoms with Crippen LogP contribution in [-0.4, -0.2) is 23.4 Å². The molecule has 2 atom stereocenters. The lowest BCUT2D eigenvalue weighted by Gasteiger charge is -2.44. The minimum absolute atomic E-state index is 0.216. The Hall–Kier alpha value is -1.38. The molecule has 1 aliphatic heterocycles. The normalized spacial score (nSPS) is 26.1. The van der Waals surface area contributed by atoms with Crippen molar-refractivity contribution >= 4 is 5.91 Å². The Bertz CT molecular complexity index is 468. The molecule has 20 heavy (non-hydrogen) atoms. The first-order chi connectivity index (χ1) is 9.74. The lowest BCUT2D eigenvalue weighted by Crippen LogP contribution is -2.50. The van der Waals surface area contributed by atoms with Crippen LogP contribution in [0.1, 0.15) is 44.1 Å². The number of benzene rings is 1. The summed E-state index contributed by atoms with van der Waals surface area (Å²) in [5, 5.41) is 0. The van der Waals surface area contributed by atoms with E-state index in [2.05, 4.69) is 4.90 Å². The van der Waals surface area contributed by atoms with E-state index < -0.39 is 0 Å². The fraction of sp³-hybridized carbons (Fsp3) is 0.588. The largest absolute Gasteiger partial charge is 0.339 e. The predicted octanol–water partition coefficient (Wildman–Crippen LogP) is 3.55. The van der Waals surface area contributed by atoms with Gasteiger partial charge in [-0.15, -0.1) is 0 Å². The number of carbonyl (C=O) groups excluding carboxylic acids is 1. The zero-order valence-corrected chi connectivity index (χ0v) is 11.9. The van der Waals surface area contributed by atoms with E-state index in [-0.39, 0.29) is 11.7 Å². The van der Waals surface area contributed by atoms with Crippen molar-refractivity contribution in [2.24, 2.45) is 5.92 Å². The molecule has 1 saturated heterocycles. The summed E-state index contributed by atoms with van der Waals surface area (Å²) in [6, 6.07) is 6.76. The number of piperidine rings is 1. The van der Waals surface area contributed by atoms with Crippen molar-refractivity contribution in [3.05, 3.63) is 35.6 Å². The standard InChI is InChI=1S/C17H22FNO/c18-15-9-7-13(8-10-15)12-17(20)19-11-3-5-14-4-1-2-6-16(14)19/h7-10,14,16H,1-6,11-12H2. The second-order valence-corrected chi connectivity index (χ2v) is 6.14. The van der Waals surface area contributed by atoms with Crippen LogP contribution in [0.3, 0.4) is 0 Å². The highest BCUT2D eigenvalue weighted by molar-refractivity contribution is 5.79. The molecule has 0 radical (unpaired) electrons. The second kappa shape index (κ2) is 5.94. The quantitative estimate of drug-likeness (QED) is 0.808. The first-order valence-corrected chi connectivity index (χ1v) is 7.78. The molecule has 2 unspecified atom stereocenters. The smallest absolute Gasteiger partial charge is 0.227 e. The molecular weight excluding hydrogens is 253 g/mol. The molecule has 3 rings (SSSR count). The van der Waals surface area contributed by atoms with Crippen molar-refractivity contribution in [3.63, 3.8) is 0 Å². The molecule has 1 amide bonds. The summed E-state index contributed by atoms with van der Waals surface area (Å²) in [5.74, 6) is 0.689. The first-order valence-electron chi connectivity index (χ1n) is 7.78. The number of carbonyl (C=O) groups is 1. The van der Waals surface area contributed by atoms with Crippen molar-refractivity contribution in [1.82, 2.24) is 4.90 Å². The van der Waals surface area contributed by atoms with Gasteiger partial charge in [-0.3, -0.25) is 4.79 Å². The van der Waals surface area contributed by atoms with Crippen LogP contribution in [-0.2, 0) is 11.2 Å². The van der Waals surface area contributed by atoms with E-state index in [0.717, 1.165) is 24.4 Å². The maximum Gasteiger partial charge on any atom is 0.227 e. The third-order valence-corrected chi connectivity index (χ3v) is 4.83. The van der Waals surface area contributed by atoms with E-state index in [1.54, 1.807) is 12.1 Å². The highest BCUT2D eigenvalue weighted by Crippen LogP contribution is 2.35. The van der Waals surface area contributed by atoms with E-state index in [4.69, 9.17) is 0 Å². The number of likely N-dealkylation sites (tertiary alicyclic amines) is 1. The lowest BCUT2D eigenvalue weighted by molar-refractivity contribution is -0.136. The van der Waals surface area contributed by atoms with Gasteiger partial charge in [-0.2, -0.15) is 0 Å². The molecule has 1 aromatic carbocycles. The number of hydrogen-bond acceptors (Lipinski definition) is 1. The number of rotatable bonds is 2. The van der Waals surface area contributed by atoms with Gasteiger partial charge in [0.05, 0.1) is 6.42 Å². The van der Waals surface area contributed by atoms with Gasteiger partial charge < -0.3 is 4.90 Å². The van der Waals surface area contributed by atoms with Crippen LogP contribution in [0.15, 0.2) is 24.3 Å². The van der Waals surface area contributed by atoms with Crippen molar-refractivity contribution in [1.29, 1.82) is 0 Å². The van der Waals surface area contributed by atoms with Gasteiger partial charge in [-0.05, 0) is 49.3 Å². The molecule has 108 valence electrons. The van der Waals surface area contributed by atoms with Gasteiger partial charge in [0.1, 0.15) is 5.82 Å². The van der Waals surface area contributed by atoms with Gasteiger partial charge in [-0.1, -0.05) is 25.0 Å². The highest BCUT2D eigenvalue weighted by Gasteiger charge is 2.35. The summed E-state index contributed by atoms with van der Waals surface area (Å²) in [6.45, 7) is 0.904. The van der Waals surface area contributed by atoms with E-state index in [9.17, 15) is 9.18 Å². The predicted molar refractivity (Wildman–Crippen MR) is 76.8 cm³/mol. The van der Waals surface area contributed by atoms with Crippen LogP contribution < -0.4 is 0 Å². The summed E-state index contributed by atoms with van der Waals surface area (Å²) in [5.41, 5.74) is 0.911. The summed E-state index contributed by atoms with van der Waals surface area (Å²) < 4.78 is 12.9. The number of hydrogen-bond donors (Lipinski definition) is 0. The lowest BCUT2D eigenvalue weighted by atomic mass is 9.78. The Morgan fingerprint density at radius 1 is 1.10 bits per heavy atom. The summed E-state index contributed by atoms with van der Waals surface area (Å²) in [7, 11) is 0. The second-order valence-electron chi connectivity index (χ2n) is 6.14. The summed E-state index contributed by atoms with van der Waals surface area (Å²) >= 11 is 0. The van der Waals surface area contributed by atoms with Gasteiger partial charge in [0.15, 0.2) is 0 Å². The molecular formula is C17H22FNO. The maximum atomic E-state index is 12.9. The number of nitrogens with zero attached hydrogens (tertiary/aromatic N) is 1. The fourth-order valence-electron chi connectivity index (χ4n) is 3.81. The minimum atomic E-state index is -0.244. The molecule has 3 heteroatoms.